The summed E-state index contributed by atoms with van der Waals surface area (Å²) in [5, 5.41) is 6.57. The van der Waals surface area contributed by atoms with Crippen molar-refractivity contribution in [3.8, 4) is 5.75 Å². The maximum atomic E-state index is 5.21. The van der Waals surface area contributed by atoms with Crippen LogP contribution in [-0.2, 0) is 0 Å². The second-order valence-corrected chi connectivity index (χ2v) is 5.03. The van der Waals surface area contributed by atoms with Crippen LogP contribution in [0.25, 0.3) is 0 Å². The molecule has 2 aromatic rings. The minimum Gasteiger partial charge on any atom is -0.497 e. The largest absolute Gasteiger partial charge is 0.497 e. The smallest absolute Gasteiger partial charge is 0.229 e. The van der Waals surface area contributed by atoms with Crippen molar-refractivity contribution in [2.75, 3.05) is 17.7 Å². The Bertz CT molecular complexity index is 601. The summed E-state index contributed by atoms with van der Waals surface area (Å²) in [7, 11) is 1.65. The van der Waals surface area contributed by atoms with E-state index in [9.17, 15) is 0 Å². The van der Waals surface area contributed by atoms with Gasteiger partial charge in [0, 0.05) is 29.6 Å². The van der Waals surface area contributed by atoms with E-state index >= 15 is 0 Å². The first-order valence-electron chi connectivity index (χ1n) is 7.14. The van der Waals surface area contributed by atoms with Gasteiger partial charge in [-0.25, -0.2) is 4.98 Å². The Kier molecular flexibility index (Phi) is 4.98. The Labute approximate surface area is 125 Å². The van der Waals surface area contributed by atoms with E-state index in [1.807, 2.05) is 37.3 Å². The molecule has 0 aliphatic rings. The quantitative estimate of drug-likeness (QED) is 0.847. The summed E-state index contributed by atoms with van der Waals surface area (Å²) in [5.74, 6) is 2.21. The van der Waals surface area contributed by atoms with Crippen LogP contribution in [0.4, 0.5) is 17.5 Å². The molecule has 0 aliphatic carbocycles. The van der Waals surface area contributed by atoms with Crippen molar-refractivity contribution in [3.63, 3.8) is 0 Å². The summed E-state index contributed by atoms with van der Waals surface area (Å²) in [6.45, 7) is 6.23. The molecule has 0 saturated carbocycles. The standard InChI is InChI=1S/C16H22N4O/c1-5-11(2)17-15-9-12(3)18-16(20-15)19-13-7-6-8-14(10-13)21-4/h6-11H,5H2,1-4H3,(H2,17,18,19,20). The molecule has 0 spiro atoms. The van der Waals surface area contributed by atoms with Crippen LogP contribution in [0.5, 0.6) is 5.75 Å². The highest BCUT2D eigenvalue weighted by Gasteiger charge is 2.05. The second kappa shape index (κ2) is 6.92. The lowest BCUT2D eigenvalue weighted by atomic mass is 10.2. The van der Waals surface area contributed by atoms with Gasteiger partial charge in [0.15, 0.2) is 0 Å². The fourth-order valence-corrected chi connectivity index (χ4v) is 1.88. The molecule has 1 aromatic heterocycles. The van der Waals surface area contributed by atoms with Crippen LogP contribution >= 0.6 is 0 Å². The highest BCUT2D eigenvalue weighted by Crippen LogP contribution is 2.20. The van der Waals surface area contributed by atoms with Gasteiger partial charge in [0.1, 0.15) is 11.6 Å². The lowest BCUT2D eigenvalue weighted by Crippen LogP contribution is -2.15. The molecule has 5 heteroatoms. The average Bonchev–Trinajstić information content (AvgIpc) is 2.46. The molecule has 2 N–H and O–H groups in total. The molecule has 1 aromatic carbocycles. The number of hydrogen-bond acceptors (Lipinski definition) is 5. The molecule has 1 atom stereocenters. The molecule has 1 unspecified atom stereocenters. The highest BCUT2D eigenvalue weighted by molar-refractivity contribution is 5.57. The maximum absolute atomic E-state index is 5.21. The Morgan fingerprint density at radius 3 is 2.76 bits per heavy atom. The van der Waals surface area contributed by atoms with Crippen molar-refractivity contribution in [3.05, 3.63) is 36.0 Å². The van der Waals surface area contributed by atoms with Crippen LogP contribution in [0.1, 0.15) is 26.0 Å². The molecular formula is C16H22N4O. The first-order valence-corrected chi connectivity index (χ1v) is 7.14. The molecule has 0 aliphatic heterocycles. The predicted octanol–water partition coefficient (Wildman–Crippen LogP) is 3.75. The van der Waals surface area contributed by atoms with Gasteiger partial charge in [-0.3, -0.25) is 0 Å². The normalized spacial score (nSPS) is 11.8. The number of rotatable bonds is 6. The van der Waals surface area contributed by atoms with Crippen molar-refractivity contribution in [2.24, 2.45) is 0 Å². The van der Waals surface area contributed by atoms with E-state index in [0.29, 0.717) is 12.0 Å². The second-order valence-electron chi connectivity index (χ2n) is 5.03. The van der Waals surface area contributed by atoms with Crippen LogP contribution < -0.4 is 15.4 Å². The molecule has 0 bridgehead atoms. The molecule has 0 saturated heterocycles. The van der Waals surface area contributed by atoms with Crippen molar-refractivity contribution < 1.29 is 4.74 Å². The minimum absolute atomic E-state index is 0.379. The summed E-state index contributed by atoms with van der Waals surface area (Å²) in [6.07, 6.45) is 1.04. The van der Waals surface area contributed by atoms with E-state index in [0.717, 1.165) is 29.4 Å². The molecule has 0 amide bonds. The van der Waals surface area contributed by atoms with Gasteiger partial charge >= 0.3 is 0 Å². The molecule has 21 heavy (non-hydrogen) atoms. The monoisotopic (exact) mass is 286 g/mol. The number of nitrogens with one attached hydrogen (secondary N) is 2. The molecule has 5 nitrogen and oxygen atoms in total. The van der Waals surface area contributed by atoms with Crippen LogP contribution in [0, 0.1) is 6.92 Å². The van der Waals surface area contributed by atoms with E-state index in [1.54, 1.807) is 7.11 Å². The summed E-state index contributed by atoms with van der Waals surface area (Å²) < 4.78 is 5.21. The van der Waals surface area contributed by atoms with Gasteiger partial charge in [0.2, 0.25) is 5.95 Å². The Balaban J connectivity index is 2.19. The van der Waals surface area contributed by atoms with Gasteiger partial charge < -0.3 is 15.4 Å². The fourth-order valence-electron chi connectivity index (χ4n) is 1.88. The third kappa shape index (κ3) is 4.34. The number of anilines is 3. The molecule has 1 heterocycles. The van der Waals surface area contributed by atoms with Gasteiger partial charge in [0.25, 0.3) is 0 Å². The number of methoxy groups -OCH3 is 1. The number of benzene rings is 1. The van der Waals surface area contributed by atoms with E-state index in [1.165, 1.54) is 0 Å². The maximum Gasteiger partial charge on any atom is 0.229 e. The van der Waals surface area contributed by atoms with Gasteiger partial charge in [-0.1, -0.05) is 13.0 Å². The summed E-state index contributed by atoms with van der Waals surface area (Å²) in [4.78, 5) is 8.91. The first-order chi connectivity index (χ1) is 10.1. The lowest BCUT2D eigenvalue weighted by Gasteiger charge is -2.14. The van der Waals surface area contributed by atoms with E-state index in [2.05, 4.69) is 34.4 Å². The zero-order valence-corrected chi connectivity index (χ0v) is 13.0. The summed E-state index contributed by atoms with van der Waals surface area (Å²) in [6, 6.07) is 10.0. The Hall–Kier alpha value is -2.30. The molecule has 0 fully saturated rings. The summed E-state index contributed by atoms with van der Waals surface area (Å²) >= 11 is 0. The minimum atomic E-state index is 0.379. The zero-order chi connectivity index (χ0) is 15.2. The Morgan fingerprint density at radius 1 is 1.24 bits per heavy atom. The highest BCUT2D eigenvalue weighted by atomic mass is 16.5. The van der Waals surface area contributed by atoms with E-state index in [-0.39, 0.29) is 0 Å². The van der Waals surface area contributed by atoms with Crippen LogP contribution in [0.15, 0.2) is 30.3 Å². The van der Waals surface area contributed by atoms with Crippen molar-refractivity contribution in [2.45, 2.75) is 33.2 Å². The van der Waals surface area contributed by atoms with Crippen molar-refractivity contribution >= 4 is 17.5 Å². The first kappa shape index (κ1) is 15.1. The van der Waals surface area contributed by atoms with E-state index in [4.69, 9.17) is 4.74 Å². The van der Waals surface area contributed by atoms with Crippen LogP contribution in [0.3, 0.4) is 0 Å². The fraction of sp³-hybridized carbons (Fsp3) is 0.375. The number of aryl methyl sites for hydroxylation is 1. The van der Waals surface area contributed by atoms with Crippen molar-refractivity contribution in [1.82, 2.24) is 9.97 Å². The number of hydrogen-bond donors (Lipinski definition) is 2. The van der Waals surface area contributed by atoms with Gasteiger partial charge in [-0.2, -0.15) is 4.98 Å². The third-order valence-electron chi connectivity index (χ3n) is 3.19. The number of ether oxygens (including phenoxy) is 1. The van der Waals surface area contributed by atoms with Gasteiger partial charge in [0.05, 0.1) is 7.11 Å². The van der Waals surface area contributed by atoms with Crippen LogP contribution in [-0.4, -0.2) is 23.1 Å². The average molecular weight is 286 g/mol. The third-order valence-corrected chi connectivity index (χ3v) is 3.19. The molecule has 112 valence electrons. The molecular weight excluding hydrogens is 264 g/mol. The number of aromatic nitrogens is 2. The van der Waals surface area contributed by atoms with Gasteiger partial charge in [-0.15, -0.1) is 0 Å². The van der Waals surface area contributed by atoms with Crippen LogP contribution in [0.2, 0.25) is 0 Å². The Morgan fingerprint density at radius 2 is 2.05 bits per heavy atom. The summed E-state index contributed by atoms with van der Waals surface area (Å²) in [5.41, 5.74) is 1.82. The molecule has 2 rings (SSSR count). The molecule has 0 radical (unpaired) electrons. The topological polar surface area (TPSA) is 59.1 Å². The number of nitrogens with zero attached hydrogens (tertiary/aromatic N) is 2. The van der Waals surface area contributed by atoms with Gasteiger partial charge in [-0.05, 0) is 32.4 Å². The SMILES string of the molecule is CCC(C)Nc1cc(C)nc(Nc2cccc(OC)c2)n1. The predicted molar refractivity (Wildman–Crippen MR) is 86.4 cm³/mol. The zero-order valence-electron chi connectivity index (χ0n) is 13.0. The van der Waals surface area contributed by atoms with E-state index < -0.39 is 0 Å². The lowest BCUT2D eigenvalue weighted by molar-refractivity contribution is 0.415. The van der Waals surface area contributed by atoms with Crippen molar-refractivity contribution in [1.29, 1.82) is 0 Å².